The molecule has 4 heterocycles. The van der Waals surface area contributed by atoms with Crippen LogP contribution in [-0.4, -0.2) is 58.4 Å². The van der Waals surface area contributed by atoms with Crippen molar-refractivity contribution in [2.75, 3.05) is 26.9 Å². The molecule has 4 rings (SSSR count). The first-order valence-corrected chi connectivity index (χ1v) is 11.4. The molecule has 1 unspecified atom stereocenters. The van der Waals surface area contributed by atoms with Crippen LogP contribution in [0.5, 0.6) is 0 Å². The van der Waals surface area contributed by atoms with Gasteiger partial charge in [0.2, 0.25) is 0 Å². The van der Waals surface area contributed by atoms with Gasteiger partial charge in [-0.15, -0.1) is 11.3 Å². The Hall–Kier alpha value is -2.62. The lowest BCUT2D eigenvalue weighted by Gasteiger charge is -2.15. The van der Waals surface area contributed by atoms with Gasteiger partial charge in [0.05, 0.1) is 29.3 Å². The van der Waals surface area contributed by atoms with Gasteiger partial charge in [0.25, 0.3) is 5.91 Å². The fourth-order valence-corrected chi connectivity index (χ4v) is 4.52. The second-order valence-corrected chi connectivity index (χ2v) is 8.36. The highest BCUT2D eigenvalue weighted by Gasteiger charge is 2.24. The smallest absolute Gasteiger partial charge is 0.253 e. The predicted molar refractivity (Wildman–Crippen MR) is 119 cm³/mol. The van der Waals surface area contributed by atoms with E-state index in [9.17, 15) is 4.79 Å². The SMILES string of the molecule is COCCCNC(=O)c1cc(-c2csc(-c3cnccn3)n2)n(CC2CCCO2)c1C. The zero-order valence-electron chi connectivity index (χ0n) is 17.8. The van der Waals surface area contributed by atoms with Crippen LogP contribution >= 0.6 is 11.3 Å². The number of nitrogens with one attached hydrogen (secondary N) is 1. The number of hydrogen-bond acceptors (Lipinski definition) is 7. The van der Waals surface area contributed by atoms with Crippen LogP contribution in [0.1, 0.15) is 35.3 Å². The Bertz CT molecular complexity index is 1010. The van der Waals surface area contributed by atoms with E-state index in [2.05, 4.69) is 19.9 Å². The third-order valence-corrected chi connectivity index (χ3v) is 6.25. The molecule has 1 aliphatic rings. The molecule has 8 nitrogen and oxygen atoms in total. The average molecular weight is 442 g/mol. The van der Waals surface area contributed by atoms with Gasteiger partial charge in [-0.2, -0.15) is 0 Å². The van der Waals surface area contributed by atoms with Gasteiger partial charge in [0.1, 0.15) is 10.7 Å². The number of rotatable bonds is 9. The predicted octanol–water partition coefficient (Wildman–Crippen LogP) is 3.32. The molecule has 1 aliphatic heterocycles. The highest BCUT2D eigenvalue weighted by atomic mass is 32.1. The van der Waals surface area contributed by atoms with Crippen molar-refractivity contribution in [3.8, 4) is 22.1 Å². The number of aromatic nitrogens is 4. The summed E-state index contributed by atoms with van der Waals surface area (Å²) in [7, 11) is 1.66. The van der Waals surface area contributed by atoms with Gasteiger partial charge >= 0.3 is 0 Å². The molecule has 1 fully saturated rings. The molecule has 1 atom stereocenters. The van der Waals surface area contributed by atoms with Crippen molar-refractivity contribution < 1.29 is 14.3 Å². The van der Waals surface area contributed by atoms with E-state index in [-0.39, 0.29) is 12.0 Å². The van der Waals surface area contributed by atoms with E-state index in [1.54, 1.807) is 25.7 Å². The lowest BCUT2D eigenvalue weighted by molar-refractivity contribution is 0.0937. The Balaban J connectivity index is 1.63. The van der Waals surface area contributed by atoms with Crippen molar-refractivity contribution in [3.63, 3.8) is 0 Å². The minimum absolute atomic E-state index is 0.0784. The number of amides is 1. The van der Waals surface area contributed by atoms with Crippen LogP contribution in [0, 0.1) is 6.92 Å². The largest absolute Gasteiger partial charge is 0.385 e. The molecule has 0 saturated carbocycles. The van der Waals surface area contributed by atoms with Gasteiger partial charge in [-0.1, -0.05) is 0 Å². The number of carbonyl (C=O) groups is 1. The first-order valence-electron chi connectivity index (χ1n) is 10.5. The van der Waals surface area contributed by atoms with Crippen LogP contribution < -0.4 is 5.32 Å². The zero-order valence-corrected chi connectivity index (χ0v) is 18.7. The van der Waals surface area contributed by atoms with Gasteiger partial charge in [0, 0.05) is 56.9 Å². The van der Waals surface area contributed by atoms with Gasteiger partial charge in [-0.05, 0) is 32.3 Å². The van der Waals surface area contributed by atoms with E-state index in [0.29, 0.717) is 25.3 Å². The lowest BCUT2D eigenvalue weighted by Crippen LogP contribution is -2.26. The number of hydrogen-bond donors (Lipinski definition) is 1. The first-order chi connectivity index (χ1) is 15.2. The second-order valence-electron chi connectivity index (χ2n) is 7.51. The molecule has 1 amide bonds. The average Bonchev–Trinajstić information content (AvgIpc) is 3.54. The molecule has 0 bridgehead atoms. The van der Waals surface area contributed by atoms with Crippen LogP contribution in [0.2, 0.25) is 0 Å². The van der Waals surface area contributed by atoms with Crippen LogP contribution in [0.25, 0.3) is 22.1 Å². The van der Waals surface area contributed by atoms with Gasteiger partial charge in [0.15, 0.2) is 0 Å². The zero-order chi connectivity index (χ0) is 21.6. The highest BCUT2D eigenvalue weighted by Crippen LogP contribution is 2.31. The molecule has 1 N–H and O–H groups in total. The topological polar surface area (TPSA) is 91.2 Å². The van der Waals surface area contributed by atoms with Crippen molar-refractivity contribution in [2.45, 2.75) is 38.8 Å². The Morgan fingerprint density at radius 2 is 2.29 bits per heavy atom. The maximum Gasteiger partial charge on any atom is 0.253 e. The summed E-state index contributed by atoms with van der Waals surface area (Å²) < 4.78 is 13.1. The van der Waals surface area contributed by atoms with E-state index in [4.69, 9.17) is 14.5 Å². The van der Waals surface area contributed by atoms with E-state index >= 15 is 0 Å². The summed E-state index contributed by atoms with van der Waals surface area (Å²) in [5.41, 5.74) is 4.07. The van der Waals surface area contributed by atoms with Crippen molar-refractivity contribution in [2.24, 2.45) is 0 Å². The lowest BCUT2D eigenvalue weighted by atomic mass is 10.2. The van der Waals surface area contributed by atoms with Gasteiger partial charge in [-0.25, -0.2) is 4.98 Å². The monoisotopic (exact) mass is 441 g/mol. The van der Waals surface area contributed by atoms with Crippen molar-refractivity contribution in [1.29, 1.82) is 0 Å². The highest BCUT2D eigenvalue weighted by molar-refractivity contribution is 7.13. The maximum atomic E-state index is 12.9. The van der Waals surface area contributed by atoms with E-state index in [1.165, 1.54) is 11.3 Å². The molecule has 31 heavy (non-hydrogen) atoms. The third-order valence-electron chi connectivity index (χ3n) is 5.38. The van der Waals surface area contributed by atoms with Crippen LogP contribution in [-0.2, 0) is 16.0 Å². The summed E-state index contributed by atoms with van der Waals surface area (Å²) in [6.07, 6.45) is 8.04. The summed E-state index contributed by atoms with van der Waals surface area (Å²) in [5.74, 6) is -0.0784. The van der Waals surface area contributed by atoms with Crippen LogP contribution in [0.3, 0.4) is 0 Å². The molecular formula is C22H27N5O3S. The Morgan fingerprint density at radius 1 is 1.39 bits per heavy atom. The van der Waals surface area contributed by atoms with E-state index in [0.717, 1.165) is 53.7 Å². The first kappa shape index (κ1) is 21.6. The van der Waals surface area contributed by atoms with Crippen molar-refractivity contribution >= 4 is 17.2 Å². The van der Waals surface area contributed by atoms with E-state index in [1.807, 2.05) is 18.4 Å². The number of thiazole rings is 1. The number of nitrogens with zero attached hydrogens (tertiary/aromatic N) is 4. The Kier molecular flexibility index (Phi) is 7.06. The fraction of sp³-hybridized carbons (Fsp3) is 0.455. The summed E-state index contributed by atoms with van der Waals surface area (Å²) in [5, 5.41) is 5.80. The third kappa shape index (κ3) is 5.00. The molecule has 3 aromatic heterocycles. The van der Waals surface area contributed by atoms with Crippen LogP contribution in [0.15, 0.2) is 30.0 Å². The minimum Gasteiger partial charge on any atom is -0.385 e. The molecule has 0 aromatic carbocycles. The maximum absolute atomic E-state index is 12.9. The second kappa shape index (κ2) is 10.1. The summed E-state index contributed by atoms with van der Waals surface area (Å²) in [4.78, 5) is 26.1. The molecule has 0 radical (unpaired) electrons. The van der Waals surface area contributed by atoms with Crippen LogP contribution in [0.4, 0.5) is 0 Å². The quantitative estimate of drug-likeness (QED) is 0.512. The van der Waals surface area contributed by atoms with Gasteiger partial charge < -0.3 is 19.4 Å². The number of ether oxygens (including phenoxy) is 2. The molecule has 0 aliphatic carbocycles. The Morgan fingerprint density at radius 3 is 3.03 bits per heavy atom. The Labute approximate surface area is 185 Å². The molecule has 3 aromatic rings. The molecule has 0 spiro atoms. The fourth-order valence-electron chi connectivity index (χ4n) is 3.75. The summed E-state index contributed by atoms with van der Waals surface area (Å²) in [6.45, 7) is 4.68. The molecule has 1 saturated heterocycles. The normalized spacial score (nSPS) is 16.0. The molecule has 9 heteroatoms. The van der Waals surface area contributed by atoms with Gasteiger partial charge in [-0.3, -0.25) is 14.8 Å². The summed E-state index contributed by atoms with van der Waals surface area (Å²) in [6, 6.07) is 1.94. The standard InChI is InChI=1S/C22H27N5O3S/c1-15-17(21(28)25-6-4-9-29-2)11-20(27(15)13-16-5-3-10-30-16)19-14-31-22(26-19)18-12-23-7-8-24-18/h7-8,11-12,14,16H,3-6,9-10,13H2,1-2H3,(H,25,28). The number of carbonyl (C=O) groups excluding carboxylic acids is 1. The summed E-state index contributed by atoms with van der Waals surface area (Å²) >= 11 is 1.52. The number of methoxy groups -OCH3 is 1. The molecule has 164 valence electrons. The molecular weight excluding hydrogens is 414 g/mol. The van der Waals surface area contributed by atoms with Crippen molar-refractivity contribution in [1.82, 2.24) is 24.8 Å². The van der Waals surface area contributed by atoms with E-state index < -0.39 is 0 Å². The van der Waals surface area contributed by atoms with Crippen molar-refractivity contribution in [3.05, 3.63) is 41.3 Å². The minimum atomic E-state index is -0.0784.